The zero-order valence-electron chi connectivity index (χ0n) is 22.7. The molecular weight excluding hydrogens is 487 g/mol. The lowest BCUT2D eigenvalue weighted by Crippen LogP contribution is -2.41. The molecule has 0 aliphatic carbocycles. The van der Waals surface area contributed by atoms with Gasteiger partial charge in [-0.2, -0.15) is 10.4 Å². The first-order chi connectivity index (χ1) is 18.6. The molecule has 1 aromatic heterocycles. The molecule has 0 radical (unpaired) electrons. The summed E-state index contributed by atoms with van der Waals surface area (Å²) in [5.74, 6) is 0. The Bertz CT molecular complexity index is 1580. The Balaban J connectivity index is 1.37. The van der Waals surface area contributed by atoms with Crippen molar-refractivity contribution in [1.29, 1.82) is 5.26 Å². The Morgan fingerprint density at radius 1 is 0.949 bits per heavy atom. The molecule has 0 unspecified atom stereocenters. The summed E-state index contributed by atoms with van der Waals surface area (Å²) in [6, 6.07) is 20.5. The van der Waals surface area contributed by atoms with Gasteiger partial charge in [-0.05, 0) is 75.8 Å². The maximum atomic E-state index is 12.6. The van der Waals surface area contributed by atoms with Crippen molar-refractivity contribution in [3.05, 3.63) is 105 Å². The van der Waals surface area contributed by atoms with Gasteiger partial charge in [0.2, 0.25) is 0 Å². The van der Waals surface area contributed by atoms with E-state index in [-0.39, 0.29) is 5.56 Å². The third kappa shape index (κ3) is 5.70. The van der Waals surface area contributed by atoms with Crippen molar-refractivity contribution in [3.63, 3.8) is 0 Å². The van der Waals surface area contributed by atoms with Crippen molar-refractivity contribution < 1.29 is 9.31 Å². The van der Waals surface area contributed by atoms with Crippen LogP contribution >= 0.6 is 0 Å². The van der Waals surface area contributed by atoms with Gasteiger partial charge in [0.05, 0.1) is 40.8 Å². The van der Waals surface area contributed by atoms with E-state index in [1.807, 2.05) is 70.3 Å². The number of aromatic nitrogens is 2. The number of aliphatic imine (C=N–C) groups is 1. The number of nitrogens with zero attached hydrogens (tertiary/aromatic N) is 4. The molecule has 0 N–H and O–H groups in total. The summed E-state index contributed by atoms with van der Waals surface area (Å²) >= 11 is 0. The molecule has 2 aliphatic rings. The van der Waals surface area contributed by atoms with E-state index >= 15 is 0 Å². The molecule has 0 spiro atoms. The highest BCUT2D eigenvalue weighted by Crippen LogP contribution is 2.38. The predicted octanol–water partition coefficient (Wildman–Crippen LogP) is 5.59. The third-order valence-electron chi connectivity index (χ3n) is 7.47. The molecule has 0 saturated carbocycles. The summed E-state index contributed by atoms with van der Waals surface area (Å²) in [6.45, 7) is 8.50. The molecular formula is C31H31BN4O3. The highest BCUT2D eigenvalue weighted by atomic mass is 16.7. The Morgan fingerprint density at radius 3 is 2.44 bits per heavy atom. The van der Waals surface area contributed by atoms with Crippen LogP contribution in [0.25, 0.3) is 17.0 Å². The molecule has 1 fully saturated rings. The lowest BCUT2D eigenvalue weighted by atomic mass is 9.78. The van der Waals surface area contributed by atoms with Crippen LogP contribution in [-0.4, -0.2) is 34.3 Å². The van der Waals surface area contributed by atoms with E-state index in [4.69, 9.17) is 14.3 Å². The van der Waals surface area contributed by atoms with E-state index in [2.05, 4.69) is 23.3 Å². The molecule has 0 atom stereocenters. The molecule has 8 heteroatoms. The maximum Gasteiger partial charge on any atom is 0.496 e. The summed E-state index contributed by atoms with van der Waals surface area (Å²) in [4.78, 5) is 17.4. The highest BCUT2D eigenvalue weighted by Gasteiger charge is 2.52. The molecule has 5 rings (SSSR count). The normalized spacial score (nSPS) is 21.6. The molecule has 2 aromatic carbocycles. The van der Waals surface area contributed by atoms with Gasteiger partial charge in [-0.25, -0.2) is 4.68 Å². The molecule has 196 valence electrons. The zero-order valence-corrected chi connectivity index (χ0v) is 22.7. The average molecular weight is 518 g/mol. The monoisotopic (exact) mass is 518 g/mol. The van der Waals surface area contributed by atoms with Crippen molar-refractivity contribution in [3.8, 4) is 17.3 Å². The number of nitriles is 1. The van der Waals surface area contributed by atoms with E-state index in [1.165, 1.54) is 10.7 Å². The molecule has 1 saturated heterocycles. The van der Waals surface area contributed by atoms with Crippen LogP contribution in [0.1, 0.15) is 57.2 Å². The molecule has 7 nitrogen and oxygen atoms in total. The SMILES string of the molecule is CC1(C)OB(C2=C/CC/C=C(c3cccc(Cn4nc(-c5cccc(C#N)c5)ccc4=O)c3)/N=C\2)OC1(C)C. The van der Waals surface area contributed by atoms with E-state index in [0.29, 0.717) is 17.8 Å². The smallest absolute Gasteiger partial charge is 0.399 e. The Morgan fingerprint density at radius 2 is 1.67 bits per heavy atom. The maximum absolute atomic E-state index is 12.6. The summed E-state index contributed by atoms with van der Waals surface area (Å²) < 4.78 is 13.9. The van der Waals surface area contributed by atoms with Crippen molar-refractivity contribution in [2.45, 2.75) is 58.3 Å². The minimum atomic E-state index is -0.455. The standard InChI is InChI=1S/C31H31BN4O3/c1-30(2)31(3,4)39-32(38-30)26-13-5-6-14-27(34-20-26)24-11-8-10-23(18-24)21-36-29(37)16-15-28(35-36)25-12-7-9-22(17-25)19-33/h7-18,20H,5-6,21H2,1-4H3/b26-13+,27-14+,34-20-. The fraction of sp³-hybridized carbons (Fsp3) is 0.290. The summed E-state index contributed by atoms with van der Waals surface area (Å²) in [7, 11) is -0.455. The summed E-state index contributed by atoms with van der Waals surface area (Å²) in [5.41, 5.74) is 4.63. The van der Waals surface area contributed by atoms with Crippen molar-refractivity contribution in [2.75, 3.05) is 0 Å². The number of hydrogen-bond acceptors (Lipinski definition) is 6. The Hall–Kier alpha value is -4.06. The van der Waals surface area contributed by atoms with Crippen LogP contribution in [0.3, 0.4) is 0 Å². The number of hydrogen-bond donors (Lipinski definition) is 0. The van der Waals surface area contributed by atoms with Crippen molar-refractivity contribution >= 4 is 19.0 Å². The van der Waals surface area contributed by atoms with Crippen LogP contribution in [0.5, 0.6) is 0 Å². The fourth-order valence-electron chi connectivity index (χ4n) is 4.51. The molecule has 3 aromatic rings. The largest absolute Gasteiger partial charge is 0.496 e. The van der Waals surface area contributed by atoms with Crippen LogP contribution in [-0.2, 0) is 15.9 Å². The quantitative estimate of drug-likeness (QED) is 0.411. The van der Waals surface area contributed by atoms with Gasteiger partial charge in [-0.3, -0.25) is 9.79 Å². The van der Waals surface area contributed by atoms with E-state index in [0.717, 1.165) is 40.7 Å². The minimum Gasteiger partial charge on any atom is -0.399 e. The van der Waals surface area contributed by atoms with Gasteiger partial charge >= 0.3 is 7.12 Å². The van der Waals surface area contributed by atoms with E-state index < -0.39 is 18.3 Å². The second-order valence-electron chi connectivity index (χ2n) is 10.8. The van der Waals surface area contributed by atoms with Crippen LogP contribution < -0.4 is 5.56 Å². The topological polar surface area (TPSA) is 89.5 Å². The van der Waals surface area contributed by atoms with Crippen LogP contribution in [0, 0.1) is 11.3 Å². The fourth-order valence-corrected chi connectivity index (χ4v) is 4.51. The number of allylic oxidation sites excluding steroid dienone is 3. The van der Waals surface area contributed by atoms with Gasteiger partial charge in [0.1, 0.15) is 0 Å². The van der Waals surface area contributed by atoms with Gasteiger partial charge in [-0.1, -0.05) is 42.5 Å². The van der Waals surface area contributed by atoms with Crippen LogP contribution in [0.15, 0.2) is 88.1 Å². The first-order valence-electron chi connectivity index (χ1n) is 13.1. The molecule has 0 amide bonds. The van der Waals surface area contributed by atoms with Gasteiger partial charge in [-0.15, -0.1) is 0 Å². The Kier molecular flexibility index (Phi) is 7.22. The van der Waals surface area contributed by atoms with Crippen molar-refractivity contribution in [1.82, 2.24) is 9.78 Å². The first-order valence-corrected chi connectivity index (χ1v) is 13.1. The number of rotatable bonds is 5. The molecule has 0 bridgehead atoms. The second-order valence-corrected chi connectivity index (χ2v) is 10.8. The average Bonchev–Trinajstić information content (AvgIpc) is 3.12. The highest BCUT2D eigenvalue weighted by molar-refractivity contribution is 6.60. The Labute approximate surface area is 229 Å². The van der Waals surface area contributed by atoms with E-state index in [9.17, 15) is 10.1 Å². The van der Waals surface area contributed by atoms with E-state index in [1.54, 1.807) is 18.2 Å². The molecule has 39 heavy (non-hydrogen) atoms. The third-order valence-corrected chi connectivity index (χ3v) is 7.47. The van der Waals surface area contributed by atoms with Crippen molar-refractivity contribution in [2.24, 2.45) is 4.99 Å². The summed E-state index contributed by atoms with van der Waals surface area (Å²) in [6.07, 6.45) is 7.79. The molecule has 2 aliphatic heterocycles. The molecule has 3 heterocycles. The van der Waals surface area contributed by atoms with Gasteiger partial charge in [0.25, 0.3) is 5.56 Å². The lowest BCUT2D eigenvalue weighted by Gasteiger charge is -2.32. The number of benzene rings is 2. The van der Waals surface area contributed by atoms with Gasteiger partial charge in [0, 0.05) is 23.4 Å². The van der Waals surface area contributed by atoms with Gasteiger partial charge in [0.15, 0.2) is 0 Å². The lowest BCUT2D eigenvalue weighted by molar-refractivity contribution is 0.00578. The van der Waals surface area contributed by atoms with Crippen LogP contribution in [0.2, 0.25) is 0 Å². The van der Waals surface area contributed by atoms with Gasteiger partial charge < -0.3 is 9.31 Å². The van der Waals surface area contributed by atoms with Crippen LogP contribution in [0.4, 0.5) is 0 Å². The minimum absolute atomic E-state index is 0.194. The second kappa shape index (κ2) is 10.6. The predicted molar refractivity (Wildman–Crippen MR) is 154 cm³/mol. The zero-order chi connectivity index (χ0) is 27.6. The summed E-state index contributed by atoms with van der Waals surface area (Å²) in [5, 5.41) is 13.8. The first kappa shape index (κ1) is 26.5.